The predicted molar refractivity (Wildman–Crippen MR) is 77.4 cm³/mol. The number of carbonyl (C=O) groups excluding carboxylic acids is 1. The van der Waals surface area contributed by atoms with Gasteiger partial charge in [0.15, 0.2) is 5.69 Å². The summed E-state index contributed by atoms with van der Waals surface area (Å²) in [4.78, 5) is 12.5. The molecule has 1 aromatic heterocycles. The average Bonchev–Trinajstić information content (AvgIpc) is 3.22. The van der Waals surface area contributed by atoms with Crippen LogP contribution in [0.3, 0.4) is 0 Å². The summed E-state index contributed by atoms with van der Waals surface area (Å²) < 4.78 is 65.4. The molecule has 1 saturated carbocycles. The standard InChI is InChI=1S/C15H12F3NO4S/c16-15(17,18)10-3-4-11(9(5-10)7-24(21)22)14(20)12-6-13(23-19-12)8-1-2-8/h3-6,8,24H,1-2,7H2. The molecule has 0 atom stereocenters. The van der Waals surface area contributed by atoms with Gasteiger partial charge in [0, 0.05) is 17.5 Å². The highest BCUT2D eigenvalue weighted by atomic mass is 32.2. The van der Waals surface area contributed by atoms with Crippen molar-refractivity contribution < 1.29 is 30.9 Å². The zero-order valence-electron chi connectivity index (χ0n) is 12.2. The topological polar surface area (TPSA) is 77.2 Å². The number of rotatable bonds is 5. The number of hydrogen-bond donors (Lipinski definition) is 1. The molecule has 9 heteroatoms. The number of benzene rings is 1. The fraction of sp³-hybridized carbons (Fsp3) is 0.333. The van der Waals surface area contributed by atoms with Gasteiger partial charge in [0.05, 0.1) is 11.3 Å². The van der Waals surface area contributed by atoms with Crippen LogP contribution in [0.15, 0.2) is 28.8 Å². The van der Waals surface area contributed by atoms with Crippen molar-refractivity contribution in [1.82, 2.24) is 5.16 Å². The van der Waals surface area contributed by atoms with Crippen LogP contribution in [0.2, 0.25) is 0 Å². The molecule has 1 heterocycles. The van der Waals surface area contributed by atoms with Crippen molar-refractivity contribution >= 4 is 16.5 Å². The molecule has 0 N–H and O–H groups in total. The minimum absolute atomic E-state index is 0.0426. The molecule has 2 aromatic rings. The van der Waals surface area contributed by atoms with E-state index in [1.54, 1.807) is 0 Å². The molecule has 1 fully saturated rings. The minimum atomic E-state index is -4.63. The normalized spacial score (nSPS) is 15.0. The SMILES string of the molecule is O=C(c1cc(C2CC2)on1)c1ccc(C(F)(F)F)cc1C[SH](=O)=O. The van der Waals surface area contributed by atoms with Crippen molar-refractivity contribution in [2.24, 2.45) is 0 Å². The molecular formula is C15H12F3NO4S. The summed E-state index contributed by atoms with van der Waals surface area (Å²) >= 11 is 0. The van der Waals surface area contributed by atoms with Gasteiger partial charge in [-0.15, -0.1) is 0 Å². The van der Waals surface area contributed by atoms with Gasteiger partial charge in [-0.05, 0) is 30.5 Å². The van der Waals surface area contributed by atoms with Crippen LogP contribution in [0.5, 0.6) is 0 Å². The van der Waals surface area contributed by atoms with E-state index in [1.807, 2.05) is 0 Å². The smallest absolute Gasteiger partial charge is 0.360 e. The van der Waals surface area contributed by atoms with Crippen LogP contribution < -0.4 is 0 Å². The summed E-state index contributed by atoms with van der Waals surface area (Å²) in [6.45, 7) is 0. The van der Waals surface area contributed by atoms with Gasteiger partial charge >= 0.3 is 6.18 Å². The summed E-state index contributed by atoms with van der Waals surface area (Å²) in [5.74, 6) is -0.539. The van der Waals surface area contributed by atoms with Crippen molar-refractivity contribution in [1.29, 1.82) is 0 Å². The van der Waals surface area contributed by atoms with E-state index in [9.17, 15) is 26.4 Å². The van der Waals surface area contributed by atoms with Crippen molar-refractivity contribution in [2.75, 3.05) is 0 Å². The third kappa shape index (κ3) is 3.50. The van der Waals surface area contributed by atoms with Gasteiger partial charge in [0.25, 0.3) is 0 Å². The Morgan fingerprint density at radius 2 is 1.96 bits per heavy atom. The summed E-state index contributed by atoms with van der Waals surface area (Å²) in [5.41, 5.74) is -1.39. The van der Waals surface area contributed by atoms with E-state index in [-0.39, 0.29) is 22.7 Å². The summed E-state index contributed by atoms with van der Waals surface area (Å²) in [7, 11) is -2.99. The van der Waals surface area contributed by atoms with Crippen LogP contribution in [0, 0.1) is 0 Å². The van der Waals surface area contributed by atoms with Gasteiger partial charge in [-0.2, -0.15) is 13.2 Å². The van der Waals surface area contributed by atoms with E-state index in [0.29, 0.717) is 11.8 Å². The zero-order chi connectivity index (χ0) is 17.5. The highest BCUT2D eigenvalue weighted by Gasteiger charge is 2.32. The van der Waals surface area contributed by atoms with Crippen LogP contribution in [-0.2, 0) is 22.6 Å². The average molecular weight is 359 g/mol. The van der Waals surface area contributed by atoms with Crippen LogP contribution in [-0.4, -0.2) is 19.4 Å². The highest BCUT2D eigenvalue weighted by molar-refractivity contribution is 7.71. The molecule has 0 unspecified atom stereocenters. The maximum Gasteiger partial charge on any atom is 0.416 e. The van der Waals surface area contributed by atoms with E-state index in [1.165, 1.54) is 6.07 Å². The molecule has 3 rings (SSSR count). The molecule has 0 radical (unpaired) electrons. The second-order valence-corrected chi connectivity index (χ2v) is 6.56. The number of thiol groups is 1. The molecule has 1 aromatic carbocycles. The molecule has 0 spiro atoms. The van der Waals surface area contributed by atoms with Crippen LogP contribution in [0.25, 0.3) is 0 Å². The van der Waals surface area contributed by atoms with E-state index >= 15 is 0 Å². The van der Waals surface area contributed by atoms with Gasteiger partial charge < -0.3 is 4.52 Å². The Balaban J connectivity index is 1.99. The summed E-state index contributed by atoms with van der Waals surface area (Å²) in [5, 5.41) is 3.65. The molecular weight excluding hydrogens is 347 g/mol. The number of nitrogens with zero attached hydrogens (tertiary/aromatic N) is 1. The fourth-order valence-electron chi connectivity index (χ4n) is 2.36. The molecule has 128 valence electrons. The first-order valence-corrected chi connectivity index (χ1v) is 8.45. The first-order chi connectivity index (χ1) is 11.3. The molecule has 24 heavy (non-hydrogen) atoms. The number of alkyl halides is 3. The van der Waals surface area contributed by atoms with Crippen LogP contribution >= 0.6 is 0 Å². The molecule has 0 amide bonds. The van der Waals surface area contributed by atoms with Crippen LogP contribution in [0.4, 0.5) is 13.2 Å². The predicted octanol–water partition coefficient (Wildman–Crippen LogP) is 2.91. The Labute approximate surface area is 136 Å². The van der Waals surface area contributed by atoms with Gasteiger partial charge in [-0.3, -0.25) is 4.79 Å². The van der Waals surface area contributed by atoms with E-state index in [0.717, 1.165) is 25.0 Å². The van der Waals surface area contributed by atoms with Crippen molar-refractivity contribution in [3.63, 3.8) is 0 Å². The monoisotopic (exact) mass is 359 g/mol. The lowest BCUT2D eigenvalue weighted by Crippen LogP contribution is -2.11. The maximum atomic E-state index is 12.8. The van der Waals surface area contributed by atoms with Crippen molar-refractivity contribution in [3.8, 4) is 0 Å². The number of aromatic nitrogens is 1. The molecule has 0 aliphatic heterocycles. The first kappa shape index (κ1) is 16.7. The second kappa shape index (κ2) is 6.04. The molecule has 5 nitrogen and oxygen atoms in total. The third-order valence-corrected chi connectivity index (χ3v) is 4.32. The van der Waals surface area contributed by atoms with Gasteiger partial charge in [0.1, 0.15) is 16.5 Å². The van der Waals surface area contributed by atoms with E-state index in [4.69, 9.17) is 4.52 Å². The highest BCUT2D eigenvalue weighted by Crippen LogP contribution is 2.40. The fourth-order valence-corrected chi connectivity index (χ4v) is 2.90. The largest absolute Gasteiger partial charge is 0.416 e. The lowest BCUT2D eigenvalue weighted by Gasteiger charge is -2.10. The van der Waals surface area contributed by atoms with E-state index in [2.05, 4.69) is 5.16 Å². The minimum Gasteiger partial charge on any atom is -0.360 e. The molecule has 1 aliphatic carbocycles. The van der Waals surface area contributed by atoms with Crippen molar-refractivity contribution in [2.45, 2.75) is 30.7 Å². The molecule has 0 bridgehead atoms. The quantitative estimate of drug-likeness (QED) is 0.656. The summed E-state index contributed by atoms with van der Waals surface area (Å²) in [6.07, 6.45) is -2.76. The lowest BCUT2D eigenvalue weighted by atomic mass is 9.99. The maximum absolute atomic E-state index is 12.8. The van der Waals surface area contributed by atoms with Crippen molar-refractivity contribution in [3.05, 3.63) is 52.4 Å². The zero-order valence-corrected chi connectivity index (χ0v) is 13.1. The number of halogens is 3. The Kier molecular flexibility index (Phi) is 4.20. The Morgan fingerprint density at radius 1 is 1.25 bits per heavy atom. The van der Waals surface area contributed by atoms with E-state index < -0.39 is 34.0 Å². The Hall–Kier alpha value is -2.16. The Morgan fingerprint density at radius 3 is 2.54 bits per heavy atom. The van der Waals surface area contributed by atoms with Gasteiger partial charge in [-0.25, -0.2) is 8.42 Å². The van der Waals surface area contributed by atoms with Crippen LogP contribution in [0.1, 0.15) is 51.7 Å². The molecule has 1 aliphatic rings. The summed E-state index contributed by atoms with van der Waals surface area (Å²) in [6, 6.07) is 3.86. The first-order valence-electron chi connectivity index (χ1n) is 7.09. The third-order valence-electron chi connectivity index (χ3n) is 3.72. The number of hydrogen-bond acceptors (Lipinski definition) is 5. The van der Waals surface area contributed by atoms with Gasteiger partial charge in [0.2, 0.25) is 5.78 Å². The van der Waals surface area contributed by atoms with Gasteiger partial charge in [-0.1, -0.05) is 11.2 Å². The second-order valence-electron chi connectivity index (χ2n) is 5.58. The number of carbonyl (C=O) groups is 1. The lowest BCUT2D eigenvalue weighted by molar-refractivity contribution is -0.137. The number of ketones is 1. The molecule has 0 saturated heterocycles. The Bertz CT molecular complexity index is 858.